The van der Waals surface area contributed by atoms with E-state index in [-0.39, 0.29) is 0 Å². The summed E-state index contributed by atoms with van der Waals surface area (Å²) in [4.78, 5) is 4.97. The van der Waals surface area contributed by atoms with Crippen LogP contribution in [0.1, 0.15) is 16.1 Å². The van der Waals surface area contributed by atoms with E-state index in [9.17, 15) is 0 Å². The average Bonchev–Trinajstić information content (AvgIpc) is 2.81. The standard InChI is InChI=1S/C16H22N4S2/c1-13-5-3-4-6-15(13)11-18-7-9-19(10-8-18)12-20-16(21)22-14(2)17-20/h3-6H,7-12H2,1-2H3. The molecule has 0 bridgehead atoms. The zero-order valence-electron chi connectivity index (χ0n) is 13.2. The highest BCUT2D eigenvalue weighted by molar-refractivity contribution is 7.73. The molecule has 2 heterocycles. The summed E-state index contributed by atoms with van der Waals surface area (Å²) >= 11 is 6.94. The Kier molecular flexibility index (Phi) is 5.03. The molecule has 4 nitrogen and oxygen atoms in total. The summed E-state index contributed by atoms with van der Waals surface area (Å²) in [7, 11) is 0. The van der Waals surface area contributed by atoms with Crippen LogP contribution in [-0.4, -0.2) is 45.8 Å². The van der Waals surface area contributed by atoms with Crippen molar-refractivity contribution in [1.29, 1.82) is 0 Å². The summed E-state index contributed by atoms with van der Waals surface area (Å²) in [5, 5.41) is 5.52. The van der Waals surface area contributed by atoms with Gasteiger partial charge in [0.05, 0.1) is 6.67 Å². The molecule has 1 aromatic carbocycles. The second kappa shape index (κ2) is 7.00. The van der Waals surface area contributed by atoms with Crippen molar-refractivity contribution >= 4 is 23.6 Å². The van der Waals surface area contributed by atoms with Gasteiger partial charge in [0.15, 0.2) is 3.95 Å². The maximum Gasteiger partial charge on any atom is 0.180 e. The van der Waals surface area contributed by atoms with Crippen molar-refractivity contribution in [2.24, 2.45) is 0 Å². The molecule has 0 aliphatic carbocycles. The Labute approximate surface area is 141 Å². The first-order valence-electron chi connectivity index (χ1n) is 7.65. The van der Waals surface area contributed by atoms with Gasteiger partial charge in [-0.1, -0.05) is 35.6 Å². The smallest absolute Gasteiger partial charge is 0.180 e. The van der Waals surface area contributed by atoms with Crippen molar-refractivity contribution in [2.45, 2.75) is 27.1 Å². The topological polar surface area (TPSA) is 24.3 Å². The molecule has 0 N–H and O–H groups in total. The molecule has 0 saturated carbocycles. The first-order valence-corrected chi connectivity index (χ1v) is 8.88. The Morgan fingerprint density at radius 3 is 2.41 bits per heavy atom. The molecule has 3 rings (SSSR count). The van der Waals surface area contributed by atoms with Gasteiger partial charge in [0.1, 0.15) is 5.01 Å². The molecule has 1 aromatic heterocycles. The third-order valence-electron chi connectivity index (χ3n) is 4.16. The molecule has 0 atom stereocenters. The monoisotopic (exact) mass is 334 g/mol. The van der Waals surface area contributed by atoms with Gasteiger partial charge >= 0.3 is 0 Å². The third kappa shape index (κ3) is 3.81. The Morgan fingerprint density at radius 1 is 1.09 bits per heavy atom. The van der Waals surface area contributed by atoms with Gasteiger partial charge in [0, 0.05) is 32.7 Å². The molecule has 0 unspecified atom stereocenters. The van der Waals surface area contributed by atoms with Crippen molar-refractivity contribution in [3.05, 3.63) is 44.4 Å². The van der Waals surface area contributed by atoms with Crippen molar-refractivity contribution in [3.63, 3.8) is 0 Å². The number of aryl methyl sites for hydroxylation is 2. The normalized spacial score (nSPS) is 17.0. The Hall–Kier alpha value is -1.08. The average molecular weight is 335 g/mol. The van der Waals surface area contributed by atoms with Gasteiger partial charge in [-0.15, -0.1) is 0 Å². The van der Waals surface area contributed by atoms with Gasteiger partial charge in [-0.05, 0) is 37.2 Å². The maximum atomic E-state index is 5.35. The van der Waals surface area contributed by atoms with Gasteiger partial charge in [-0.3, -0.25) is 9.80 Å². The minimum atomic E-state index is 0.821. The van der Waals surface area contributed by atoms with Crippen LogP contribution in [0.5, 0.6) is 0 Å². The predicted octanol–water partition coefficient (Wildman–Crippen LogP) is 3.07. The Bertz CT molecular complexity index is 683. The summed E-state index contributed by atoms with van der Waals surface area (Å²) in [6.45, 7) is 10.4. The van der Waals surface area contributed by atoms with Gasteiger partial charge in [-0.2, -0.15) is 5.10 Å². The molecular weight excluding hydrogens is 312 g/mol. The van der Waals surface area contributed by atoms with E-state index in [0.717, 1.165) is 48.4 Å². The van der Waals surface area contributed by atoms with Crippen LogP contribution in [0, 0.1) is 17.8 Å². The second-order valence-corrected chi connectivity index (χ2v) is 7.68. The molecule has 22 heavy (non-hydrogen) atoms. The molecule has 1 aliphatic heterocycles. The summed E-state index contributed by atoms with van der Waals surface area (Å²) in [5.41, 5.74) is 2.82. The van der Waals surface area contributed by atoms with Crippen LogP contribution in [0.2, 0.25) is 0 Å². The zero-order valence-corrected chi connectivity index (χ0v) is 14.8. The molecule has 1 fully saturated rings. The molecule has 0 amide bonds. The summed E-state index contributed by atoms with van der Waals surface area (Å²) < 4.78 is 2.83. The molecule has 118 valence electrons. The lowest BCUT2D eigenvalue weighted by Gasteiger charge is -2.34. The van der Waals surface area contributed by atoms with Crippen LogP contribution in [0.3, 0.4) is 0 Å². The molecular formula is C16H22N4S2. The van der Waals surface area contributed by atoms with Gasteiger partial charge < -0.3 is 0 Å². The minimum absolute atomic E-state index is 0.821. The van der Waals surface area contributed by atoms with Crippen LogP contribution in [0.15, 0.2) is 24.3 Å². The first kappa shape index (κ1) is 15.8. The van der Waals surface area contributed by atoms with Gasteiger partial charge in [-0.25, -0.2) is 4.68 Å². The molecule has 6 heteroatoms. The predicted molar refractivity (Wildman–Crippen MR) is 93.7 cm³/mol. The van der Waals surface area contributed by atoms with Crippen LogP contribution < -0.4 is 0 Å². The molecule has 2 aromatic rings. The number of aromatic nitrogens is 2. The first-order chi connectivity index (χ1) is 10.6. The van der Waals surface area contributed by atoms with E-state index in [1.165, 1.54) is 11.1 Å². The number of benzene rings is 1. The van der Waals surface area contributed by atoms with Crippen molar-refractivity contribution < 1.29 is 0 Å². The zero-order chi connectivity index (χ0) is 15.5. The van der Waals surface area contributed by atoms with E-state index in [1.807, 2.05) is 11.6 Å². The molecule has 0 spiro atoms. The lowest BCUT2D eigenvalue weighted by atomic mass is 10.1. The highest BCUT2D eigenvalue weighted by Crippen LogP contribution is 2.13. The summed E-state index contributed by atoms with van der Waals surface area (Å²) in [6.07, 6.45) is 0. The largest absolute Gasteiger partial charge is 0.297 e. The summed E-state index contributed by atoms with van der Waals surface area (Å²) in [5.74, 6) is 0. The highest BCUT2D eigenvalue weighted by atomic mass is 32.1. The summed E-state index contributed by atoms with van der Waals surface area (Å²) in [6, 6.07) is 8.66. The van der Waals surface area contributed by atoms with Crippen molar-refractivity contribution in [2.75, 3.05) is 26.2 Å². The number of piperazine rings is 1. The molecule has 1 aliphatic rings. The Morgan fingerprint density at radius 2 is 1.77 bits per heavy atom. The van der Waals surface area contributed by atoms with Crippen LogP contribution in [0.4, 0.5) is 0 Å². The Balaban J connectivity index is 1.53. The molecule has 0 radical (unpaired) electrons. The number of hydrogen-bond acceptors (Lipinski definition) is 5. The van der Waals surface area contributed by atoms with Gasteiger partial charge in [0.25, 0.3) is 0 Å². The van der Waals surface area contributed by atoms with Crippen LogP contribution in [-0.2, 0) is 13.2 Å². The van der Waals surface area contributed by atoms with E-state index in [1.54, 1.807) is 11.3 Å². The third-order valence-corrected chi connectivity index (χ3v) is 5.38. The van der Waals surface area contributed by atoms with E-state index in [0.29, 0.717) is 0 Å². The van der Waals surface area contributed by atoms with Crippen molar-refractivity contribution in [3.8, 4) is 0 Å². The van der Waals surface area contributed by atoms with E-state index < -0.39 is 0 Å². The van der Waals surface area contributed by atoms with E-state index in [2.05, 4.69) is 46.1 Å². The fraction of sp³-hybridized carbons (Fsp3) is 0.500. The lowest BCUT2D eigenvalue weighted by molar-refractivity contribution is 0.0982. The number of nitrogens with zero attached hydrogens (tertiary/aromatic N) is 4. The van der Waals surface area contributed by atoms with E-state index in [4.69, 9.17) is 12.2 Å². The van der Waals surface area contributed by atoms with E-state index >= 15 is 0 Å². The number of rotatable bonds is 4. The van der Waals surface area contributed by atoms with Gasteiger partial charge in [0.2, 0.25) is 0 Å². The lowest BCUT2D eigenvalue weighted by Crippen LogP contribution is -2.46. The minimum Gasteiger partial charge on any atom is -0.297 e. The fourth-order valence-corrected chi connectivity index (χ4v) is 3.86. The number of hydrogen-bond donors (Lipinski definition) is 0. The quantitative estimate of drug-likeness (QED) is 0.802. The second-order valence-electron chi connectivity index (χ2n) is 5.85. The van der Waals surface area contributed by atoms with Crippen LogP contribution >= 0.6 is 23.6 Å². The highest BCUT2D eigenvalue weighted by Gasteiger charge is 2.18. The molecule has 1 saturated heterocycles. The SMILES string of the molecule is Cc1nn(CN2CCN(Cc3ccccc3C)CC2)c(=S)s1. The maximum absolute atomic E-state index is 5.35. The van der Waals surface area contributed by atoms with Crippen molar-refractivity contribution in [1.82, 2.24) is 19.6 Å². The fourth-order valence-electron chi connectivity index (χ4n) is 2.81. The van der Waals surface area contributed by atoms with Crippen LogP contribution in [0.25, 0.3) is 0 Å².